The maximum Gasteiger partial charge on any atom is 0.252 e. The van der Waals surface area contributed by atoms with E-state index in [0.29, 0.717) is 23.1 Å². The lowest BCUT2D eigenvalue weighted by atomic mass is 9.91. The highest BCUT2D eigenvalue weighted by atomic mass is 35.5. The third-order valence-electron chi connectivity index (χ3n) is 6.44. The van der Waals surface area contributed by atoms with E-state index in [4.69, 9.17) is 28.9 Å². The Morgan fingerprint density at radius 3 is 2.05 bits per heavy atom. The van der Waals surface area contributed by atoms with Crippen LogP contribution in [0.25, 0.3) is 0 Å². The number of hydrogen-bond acceptors (Lipinski definition) is 6. The first-order chi connectivity index (χ1) is 18.9. The van der Waals surface area contributed by atoms with Crippen molar-refractivity contribution in [1.29, 1.82) is 0 Å². The Morgan fingerprint density at radius 2 is 1.55 bits per heavy atom. The Bertz CT molecular complexity index is 1440. The highest BCUT2D eigenvalue weighted by Gasteiger charge is 2.36. The molecule has 2 amide bonds. The van der Waals surface area contributed by atoms with Gasteiger partial charge in [-0.15, -0.1) is 0 Å². The zero-order valence-electron chi connectivity index (χ0n) is 21.1. The first-order valence-electron chi connectivity index (χ1n) is 12.2. The third-order valence-corrected chi connectivity index (χ3v) is 8.40. The molecule has 1 atom stereocenters. The number of hydrogen-bond donors (Lipinski definition) is 4. The topological polar surface area (TPSA) is 142 Å². The largest absolute Gasteiger partial charge is 0.394 e. The molecule has 0 saturated carbocycles. The lowest BCUT2D eigenvalue weighted by Gasteiger charge is -2.44. The Balaban J connectivity index is 1.43. The van der Waals surface area contributed by atoms with Gasteiger partial charge in [0, 0.05) is 34.6 Å². The number of amides is 2. The van der Waals surface area contributed by atoms with Crippen LogP contribution >= 0.6 is 23.2 Å². The molecule has 1 fully saturated rings. The van der Waals surface area contributed by atoms with Gasteiger partial charge in [0.05, 0.1) is 24.1 Å². The molecule has 3 aromatic carbocycles. The second-order valence-corrected chi connectivity index (χ2v) is 12.2. The van der Waals surface area contributed by atoms with Crippen molar-refractivity contribution in [3.05, 3.63) is 99.3 Å². The molecule has 0 aromatic heterocycles. The summed E-state index contributed by atoms with van der Waals surface area (Å²) in [6.45, 7) is 0.234. The summed E-state index contributed by atoms with van der Waals surface area (Å²) in [5.41, 5.74) is 6.69. The molecule has 0 bridgehead atoms. The maximum atomic E-state index is 14.2. The van der Waals surface area contributed by atoms with Crippen LogP contribution in [0.1, 0.15) is 27.5 Å². The number of nitrogens with one attached hydrogen (secondary N) is 2. The highest BCUT2D eigenvalue weighted by molar-refractivity contribution is 7.92. The third kappa shape index (κ3) is 7.49. The van der Waals surface area contributed by atoms with Crippen molar-refractivity contribution in [1.82, 2.24) is 10.2 Å². The predicted octanol–water partition coefficient (Wildman–Crippen LogP) is 3.17. The van der Waals surface area contributed by atoms with Crippen molar-refractivity contribution in [2.45, 2.75) is 12.1 Å². The van der Waals surface area contributed by atoms with Crippen LogP contribution in [0.15, 0.2) is 66.7 Å². The first-order valence-corrected chi connectivity index (χ1v) is 14.6. The number of rotatable bonds is 11. The van der Waals surface area contributed by atoms with Gasteiger partial charge in [-0.05, 0) is 53.6 Å². The Labute approximate surface area is 241 Å². The summed E-state index contributed by atoms with van der Waals surface area (Å²) in [6, 6.07) is 16.4. The minimum Gasteiger partial charge on any atom is -0.394 e. The molecular weight excluding hydrogens is 582 g/mol. The Hall–Kier alpha value is -3.22. The number of carbonyl (C=O) groups is 2. The molecule has 1 saturated heterocycles. The van der Waals surface area contributed by atoms with Gasteiger partial charge in [-0.2, -0.15) is 0 Å². The van der Waals surface area contributed by atoms with Crippen molar-refractivity contribution in [3.63, 3.8) is 0 Å². The summed E-state index contributed by atoms with van der Waals surface area (Å²) < 4.78 is 42.4. The number of anilines is 1. The van der Waals surface area contributed by atoms with E-state index in [1.807, 2.05) is 24.3 Å². The number of likely N-dealkylation sites (tertiary alicyclic amines) is 1. The standard InChI is InChI=1S/C27H27Cl2FN4O5S/c28-20-5-1-17(2-6-20)25(18-3-7-21(29)8-4-18)34-12-16(13-34)15-40(38,39)33-23-10-19(9-22(30)11-23)27(37)32-24(14-35)26(31)36/h1-11,16,24-25,33,35H,12-15H2,(H2,31,36)(H,32,37). The molecule has 1 unspecified atom stereocenters. The van der Waals surface area contributed by atoms with E-state index in [1.54, 1.807) is 24.3 Å². The Morgan fingerprint density at radius 1 is 1.00 bits per heavy atom. The molecule has 0 spiro atoms. The SMILES string of the molecule is NC(=O)C(CO)NC(=O)c1cc(F)cc(NS(=O)(=O)CC2CN(C(c3ccc(Cl)cc3)c3ccc(Cl)cc3)C2)c1. The fourth-order valence-electron chi connectivity index (χ4n) is 4.59. The summed E-state index contributed by atoms with van der Waals surface area (Å²) in [4.78, 5) is 25.8. The molecule has 0 aliphatic carbocycles. The monoisotopic (exact) mass is 608 g/mol. The quantitative estimate of drug-likeness (QED) is 0.263. The van der Waals surface area contributed by atoms with Crippen LogP contribution < -0.4 is 15.8 Å². The van der Waals surface area contributed by atoms with Gasteiger partial charge in [0.25, 0.3) is 5.91 Å². The van der Waals surface area contributed by atoms with Gasteiger partial charge < -0.3 is 16.2 Å². The summed E-state index contributed by atoms with van der Waals surface area (Å²) in [6.07, 6.45) is 0. The van der Waals surface area contributed by atoms with Crippen molar-refractivity contribution in [2.24, 2.45) is 11.7 Å². The molecule has 1 heterocycles. The summed E-state index contributed by atoms with van der Waals surface area (Å²) >= 11 is 12.1. The number of primary amides is 1. The van der Waals surface area contributed by atoms with E-state index in [1.165, 1.54) is 0 Å². The van der Waals surface area contributed by atoms with E-state index in [2.05, 4.69) is 14.9 Å². The van der Waals surface area contributed by atoms with Crippen molar-refractivity contribution in [3.8, 4) is 0 Å². The average molecular weight is 610 g/mol. The smallest absolute Gasteiger partial charge is 0.252 e. The number of nitrogens with two attached hydrogens (primary N) is 1. The van der Waals surface area contributed by atoms with Crippen LogP contribution in [0.5, 0.6) is 0 Å². The number of nitrogens with zero attached hydrogens (tertiary/aromatic N) is 1. The summed E-state index contributed by atoms with van der Waals surface area (Å²) in [5, 5.41) is 12.6. The second kappa shape index (κ2) is 12.5. The molecule has 13 heteroatoms. The van der Waals surface area contributed by atoms with Crippen LogP contribution in [0, 0.1) is 11.7 Å². The summed E-state index contributed by atoms with van der Waals surface area (Å²) in [7, 11) is -3.91. The van der Waals surface area contributed by atoms with E-state index in [-0.39, 0.29) is 29.0 Å². The molecule has 1 aliphatic heterocycles. The molecule has 0 radical (unpaired) electrons. The van der Waals surface area contributed by atoms with Gasteiger partial charge in [0.1, 0.15) is 11.9 Å². The van der Waals surface area contributed by atoms with Crippen LogP contribution in [-0.2, 0) is 14.8 Å². The number of aliphatic hydroxyl groups is 1. The van der Waals surface area contributed by atoms with Gasteiger partial charge in [0.15, 0.2) is 0 Å². The zero-order valence-corrected chi connectivity index (χ0v) is 23.4. The molecule has 9 nitrogen and oxygen atoms in total. The fraction of sp³-hybridized carbons (Fsp3) is 0.259. The van der Waals surface area contributed by atoms with E-state index < -0.39 is 40.3 Å². The predicted molar refractivity (Wildman–Crippen MR) is 151 cm³/mol. The normalized spacial score (nSPS) is 14.9. The number of benzene rings is 3. The molecular formula is C27H27Cl2FN4O5S. The minimum absolute atomic E-state index is 0.131. The van der Waals surface area contributed by atoms with Gasteiger partial charge in [-0.1, -0.05) is 47.5 Å². The van der Waals surface area contributed by atoms with Crippen molar-refractivity contribution in [2.75, 3.05) is 30.2 Å². The highest BCUT2D eigenvalue weighted by Crippen LogP contribution is 2.36. The van der Waals surface area contributed by atoms with E-state index in [9.17, 15) is 27.5 Å². The summed E-state index contributed by atoms with van der Waals surface area (Å²) in [5.74, 6) is -3.16. The van der Waals surface area contributed by atoms with Crippen molar-refractivity contribution >= 4 is 50.7 Å². The lowest BCUT2D eigenvalue weighted by molar-refractivity contribution is -0.120. The van der Waals surface area contributed by atoms with E-state index >= 15 is 0 Å². The average Bonchev–Trinajstić information content (AvgIpc) is 2.86. The Kier molecular flexibility index (Phi) is 9.32. The van der Waals surface area contributed by atoms with Crippen LogP contribution in [0.3, 0.4) is 0 Å². The number of aliphatic hydroxyl groups excluding tert-OH is 1. The molecule has 40 heavy (non-hydrogen) atoms. The van der Waals surface area contributed by atoms with Crippen molar-refractivity contribution < 1.29 is 27.5 Å². The molecule has 3 aromatic rings. The van der Waals surface area contributed by atoms with Gasteiger partial charge in [-0.3, -0.25) is 19.2 Å². The first kappa shape index (κ1) is 29.8. The van der Waals surface area contributed by atoms with E-state index in [0.717, 1.165) is 29.3 Å². The van der Waals surface area contributed by atoms with Gasteiger partial charge in [0.2, 0.25) is 15.9 Å². The van der Waals surface area contributed by atoms with Gasteiger partial charge in [-0.25, -0.2) is 12.8 Å². The number of halogens is 3. The minimum atomic E-state index is -3.91. The van der Waals surface area contributed by atoms with Crippen LogP contribution in [0.2, 0.25) is 10.0 Å². The zero-order chi connectivity index (χ0) is 29.0. The molecule has 4 rings (SSSR count). The number of carbonyl (C=O) groups excluding carboxylic acids is 2. The second-order valence-electron chi connectivity index (χ2n) is 9.55. The van der Waals surface area contributed by atoms with Crippen LogP contribution in [-0.4, -0.2) is 61.7 Å². The van der Waals surface area contributed by atoms with Crippen LogP contribution in [0.4, 0.5) is 10.1 Å². The number of sulfonamides is 1. The molecule has 1 aliphatic rings. The lowest BCUT2D eigenvalue weighted by Crippen LogP contribution is -2.51. The van der Waals surface area contributed by atoms with Gasteiger partial charge >= 0.3 is 0 Å². The molecule has 212 valence electrons. The fourth-order valence-corrected chi connectivity index (χ4v) is 6.23. The maximum absolute atomic E-state index is 14.2. The molecule has 5 N–H and O–H groups in total.